The third kappa shape index (κ3) is 9.07. The van der Waals surface area contributed by atoms with Crippen molar-refractivity contribution in [3.8, 4) is 0 Å². The van der Waals surface area contributed by atoms with E-state index in [2.05, 4.69) is 0 Å². The minimum atomic E-state index is 0. The summed E-state index contributed by atoms with van der Waals surface area (Å²) < 4.78 is 0. The zero-order valence-electron chi connectivity index (χ0n) is 1.13. The van der Waals surface area contributed by atoms with Gasteiger partial charge in [-0.3, -0.25) is 0 Å². The van der Waals surface area contributed by atoms with Crippen LogP contribution >= 0.6 is 13.5 Å². The van der Waals surface area contributed by atoms with Crippen LogP contribution in [0.15, 0.2) is 0 Å². The van der Waals surface area contributed by atoms with Gasteiger partial charge in [0.2, 0.25) is 0 Å². The molecule has 0 unspecified atom stereocenters. The molecule has 0 nitrogen and oxygen atoms in total. The molecule has 0 N–H and O–H groups in total. The van der Waals surface area contributed by atoms with Gasteiger partial charge in [0.1, 0.15) is 0 Å². The predicted molar refractivity (Wildman–Crippen MR) is 21.7 cm³/mol. The molecule has 0 spiro atoms. The zero-order chi connectivity index (χ0) is 0. The average molecular weight is 233 g/mol. The quantitative estimate of drug-likeness (QED) is 0.454. The van der Waals surface area contributed by atoms with Gasteiger partial charge in [0, 0.05) is 33.8 Å². The molecule has 0 aromatic carbocycles. The Hall–Kier alpha value is 1.92. The summed E-state index contributed by atoms with van der Waals surface area (Å²) >= 11 is 0. The Morgan fingerprint density at radius 2 is 1.00 bits per heavy atom. The van der Waals surface area contributed by atoms with Gasteiger partial charge in [-0.15, -0.1) is 0 Å². The summed E-state index contributed by atoms with van der Waals surface area (Å²) in [4.78, 5) is 0. The van der Waals surface area contributed by atoms with Crippen molar-refractivity contribution in [1.82, 2.24) is 0 Å². The SMILES string of the molecule is S.[Co].[Cu].[GeH4]. The standard InChI is InChI=1S/Co.Cu.GeH4.H2S/h;;1H4;1H2. The first-order valence-electron chi connectivity index (χ1n) is 0. The molecule has 4 heavy (non-hydrogen) atoms. The van der Waals surface area contributed by atoms with E-state index in [-0.39, 0.29) is 64.9 Å². The summed E-state index contributed by atoms with van der Waals surface area (Å²) in [5.74, 6) is 0. The molecule has 0 aromatic rings. The Morgan fingerprint density at radius 1 is 1.00 bits per heavy atom. The molecule has 0 saturated heterocycles. The van der Waals surface area contributed by atoms with Gasteiger partial charge in [0.05, 0.1) is 0 Å². The molecule has 0 atom stereocenters. The van der Waals surface area contributed by atoms with E-state index in [9.17, 15) is 0 Å². The first kappa shape index (κ1) is 38.9. The number of hydrogen-bond donors (Lipinski definition) is 0. The molecule has 0 aliphatic heterocycles. The van der Waals surface area contributed by atoms with E-state index in [1.54, 1.807) is 0 Å². The third-order valence-electron chi connectivity index (χ3n) is 0. The Balaban J connectivity index is 0. The summed E-state index contributed by atoms with van der Waals surface area (Å²) in [5.41, 5.74) is 0. The molecular formula is H6CoCuGeS. The van der Waals surface area contributed by atoms with E-state index in [1.807, 2.05) is 0 Å². The number of hydrogen-bond acceptors (Lipinski definition) is 0. The van der Waals surface area contributed by atoms with Gasteiger partial charge < -0.3 is 0 Å². The van der Waals surface area contributed by atoms with E-state index in [1.165, 1.54) is 0 Å². The number of rotatable bonds is 0. The molecule has 0 aromatic heterocycles. The van der Waals surface area contributed by atoms with Crippen molar-refractivity contribution in [3.63, 3.8) is 0 Å². The summed E-state index contributed by atoms with van der Waals surface area (Å²) in [5, 5.41) is 0. The van der Waals surface area contributed by atoms with Gasteiger partial charge in [0.25, 0.3) is 0 Å². The Labute approximate surface area is 64.6 Å². The Bertz CT molecular complexity index is 8.00. The third-order valence-corrected chi connectivity index (χ3v) is 0. The van der Waals surface area contributed by atoms with E-state index >= 15 is 0 Å². The second kappa shape index (κ2) is 20.5. The summed E-state index contributed by atoms with van der Waals surface area (Å²) in [6, 6.07) is 0. The van der Waals surface area contributed by atoms with Crippen LogP contribution in [0, 0.1) is 0 Å². The van der Waals surface area contributed by atoms with Gasteiger partial charge in [0.15, 0.2) is 0 Å². The van der Waals surface area contributed by atoms with Crippen LogP contribution in [-0.4, -0.2) is 17.6 Å². The molecule has 0 fully saturated rings. The van der Waals surface area contributed by atoms with Crippen molar-refractivity contribution in [3.05, 3.63) is 0 Å². The fraction of sp³-hybridized carbons (Fsp3) is 0. The van der Waals surface area contributed by atoms with E-state index in [4.69, 9.17) is 0 Å². The topological polar surface area (TPSA) is 0 Å². The second-order valence-electron chi connectivity index (χ2n) is 0. The van der Waals surface area contributed by atoms with Crippen LogP contribution in [0.25, 0.3) is 0 Å². The Morgan fingerprint density at radius 3 is 1.00 bits per heavy atom. The first-order chi connectivity index (χ1) is 0. The molecule has 0 bridgehead atoms. The molecule has 0 heterocycles. The van der Waals surface area contributed by atoms with Crippen molar-refractivity contribution in [2.45, 2.75) is 0 Å². The maximum absolute atomic E-state index is 0. The fourth-order valence-corrected chi connectivity index (χ4v) is 0. The molecular weight excluding hydrogens is 227 g/mol. The summed E-state index contributed by atoms with van der Waals surface area (Å²) in [6.45, 7) is 0. The zero-order valence-corrected chi connectivity index (χ0v) is 4.12. The molecule has 0 rings (SSSR count). The normalized spacial score (nSPS) is 0. The first-order valence-corrected chi connectivity index (χ1v) is 0. The summed E-state index contributed by atoms with van der Waals surface area (Å²) in [6.07, 6.45) is 0. The van der Waals surface area contributed by atoms with Gasteiger partial charge in [-0.2, -0.15) is 13.5 Å². The fourth-order valence-electron chi connectivity index (χ4n) is 0. The van der Waals surface area contributed by atoms with Crippen LogP contribution < -0.4 is 0 Å². The van der Waals surface area contributed by atoms with Crippen molar-refractivity contribution in [1.29, 1.82) is 0 Å². The van der Waals surface area contributed by atoms with Crippen LogP contribution in [0.3, 0.4) is 0 Å². The molecule has 2 radical (unpaired) electrons. The predicted octanol–water partition coefficient (Wildman–Crippen LogP) is -1.34. The van der Waals surface area contributed by atoms with E-state index in [0.717, 1.165) is 0 Å². The molecule has 4 heteroatoms. The summed E-state index contributed by atoms with van der Waals surface area (Å²) in [7, 11) is 0. The van der Waals surface area contributed by atoms with Crippen molar-refractivity contribution in [2.75, 3.05) is 0 Å². The molecule has 0 amide bonds. The van der Waals surface area contributed by atoms with Crippen LogP contribution in [0.2, 0.25) is 0 Å². The van der Waals surface area contributed by atoms with Crippen LogP contribution in [-0.2, 0) is 33.8 Å². The van der Waals surface area contributed by atoms with Crippen molar-refractivity contribution < 1.29 is 33.8 Å². The van der Waals surface area contributed by atoms with Crippen LogP contribution in [0.1, 0.15) is 0 Å². The monoisotopic (exact) mass is 234 g/mol. The Kier molecular flexibility index (Phi) is 199. The average Bonchev–Trinajstić information content (AvgIpc) is 0. The van der Waals surface area contributed by atoms with Gasteiger partial charge >= 0.3 is 17.6 Å². The van der Waals surface area contributed by atoms with Crippen LogP contribution in [0.4, 0.5) is 0 Å². The van der Waals surface area contributed by atoms with E-state index < -0.39 is 0 Å². The minimum absolute atomic E-state index is 0. The van der Waals surface area contributed by atoms with Gasteiger partial charge in [-0.1, -0.05) is 0 Å². The van der Waals surface area contributed by atoms with Crippen LogP contribution in [0.5, 0.6) is 0 Å². The van der Waals surface area contributed by atoms with Gasteiger partial charge in [-0.05, 0) is 0 Å². The molecule has 0 aliphatic carbocycles. The maximum atomic E-state index is 0. The van der Waals surface area contributed by atoms with Gasteiger partial charge in [-0.25, -0.2) is 0 Å². The molecule has 0 aliphatic rings. The van der Waals surface area contributed by atoms with Crippen molar-refractivity contribution in [2.24, 2.45) is 0 Å². The second-order valence-corrected chi connectivity index (χ2v) is 0. The molecule has 0 saturated carbocycles. The van der Waals surface area contributed by atoms with Crippen molar-refractivity contribution >= 4 is 31.1 Å². The molecule has 36 valence electrons. The van der Waals surface area contributed by atoms with E-state index in [0.29, 0.717) is 0 Å².